The van der Waals surface area contributed by atoms with E-state index in [-0.39, 0.29) is 5.69 Å². The number of anilines is 1. The quantitative estimate of drug-likeness (QED) is 0.911. The molecular formula is C14H10F2N2O3. The zero-order valence-electron chi connectivity index (χ0n) is 10.9. The fourth-order valence-electron chi connectivity index (χ4n) is 1.71. The molecule has 1 heterocycles. The number of aryl methyl sites for hydroxylation is 1. The lowest BCUT2D eigenvalue weighted by Crippen LogP contribution is -2.17. The van der Waals surface area contributed by atoms with E-state index in [1.54, 1.807) is 19.1 Å². The molecule has 1 aromatic heterocycles. The van der Waals surface area contributed by atoms with Crippen molar-refractivity contribution in [3.8, 4) is 0 Å². The average Bonchev–Trinajstić information content (AvgIpc) is 2.41. The lowest BCUT2D eigenvalue weighted by molar-refractivity contribution is 0.0691. The molecule has 0 unspecified atom stereocenters. The first-order chi connectivity index (χ1) is 9.90. The number of carbonyl (C=O) groups is 2. The summed E-state index contributed by atoms with van der Waals surface area (Å²) in [4.78, 5) is 26.6. The van der Waals surface area contributed by atoms with Crippen LogP contribution < -0.4 is 5.32 Å². The Morgan fingerprint density at radius 1 is 1.24 bits per heavy atom. The van der Waals surface area contributed by atoms with Gasteiger partial charge in [-0.3, -0.25) is 9.78 Å². The maximum Gasteiger partial charge on any atom is 0.338 e. The van der Waals surface area contributed by atoms with E-state index in [0.29, 0.717) is 11.6 Å². The Kier molecular flexibility index (Phi) is 3.93. The van der Waals surface area contributed by atoms with E-state index in [9.17, 15) is 18.4 Å². The van der Waals surface area contributed by atoms with Crippen molar-refractivity contribution in [3.05, 3.63) is 58.9 Å². The van der Waals surface area contributed by atoms with Gasteiger partial charge in [0.1, 0.15) is 17.3 Å². The standard InChI is InChI=1S/C14H10F2N2O3/c1-7-3-2-4-17-12(7)13(19)18-11-5-8(14(20)21)9(15)6-10(11)16/h2-6H,1H3,(H,18,19)(H,20,21). The van der Waals surface area contributed by atoms with Crippen molar-refractivity contribution >= 4 is 17.6 Å². The number of carbonyl (C=O) groups excluding carboxylic acids is 1. The Morgan fingerprint density at radius 3 is 2.57 bits per heavy atom. The van der Waals surface area contributed by atoms with Crippen LogP contribution in [0.5, 0.6) is 0 Å². The summed E-state index contributed by atoms with van der Waals surface area (Å²) in [5.74, 6) is -4.56. The smallest absolute Gasteiger partial charge is 0.338 e. The minimum absolute atomic E-state index is 0.0677. The van der Waals surface area contributed by atoms with Crippen molar-refractivity contribution < 1.29 is 23.5 Å². The third-order valence-electron chi connectivity index (χ3n) is 2.76. The second-order valence-corrected chi connectivity index (χ2v) is 4.24. The molecule has 0 spiro atoms. The molecule has 0 atom stereocenters. The number of rotatable bonds is 3. The van der Waals surface area contributed by atoms with Gasteiger partial charge in [-0.1, -0.05) is 6.07 Å². The Balaban J connectivity index is 2.36. The Hall–Kier alpha value is -2.83. The fraction of sp³-hybridized carbons (Fsp3) is 0.0714. The number of carboxylic acids is 1. The van der Waals surface area contributed by atoms with Crippen LogP contribution in [0, 0.1) is 18.6 Å². The summed E-state index contributed by atoms with van der Waals surface area (Å²) in [7, 11) is 0. The first kappa shape index (κ1) is 14.6. The maximum absolute atomic E-state index is 13.6. The summed E-state index contributed by atoms with van der Waals surface area (Å²) in [6.07, 6.45) is 1.39. The summed E-state index contributed by atoms with van der Waals surface area (Å²) in [6.45, 7) is 1.64. The number of nitrogens with zero attached hydrogens (tertiary/aromatic N) is 1. The fourth-order valence-corrected chi connectivity index (χ4v) is 1.71. The number of hydrogen-bond acceptors (Lipinski definition) is 3. The van der Waals surface area contributed by atoms with Crippen molar-refractivity contribution in [2.75, 3.05) is 5.32 Å². The molecule has 0 saturated heterocycles. The summed E-state index contributed by atoms with van der Waals surface area (Å²) in [5, 5.41) is 11.0. The van der Waals surface area contributed by atoms with Crippen LogP contribution in [0.3, 0.4) is 0 Å². The van der Waals surface area contributed by atoms with Crippen molar-refractivity contribution in [2.45, 2.75) is 6.92 Å². The SMILES string of the molecule is Cc1cccnc1C(=O)Nc1cc(C(=O)O)c(F)cc1F. The number of hydrogen-bond donors (Lipinski definition) is 2. The number of halogens is 2. The molecule has 1 aromatic carbocycles. The molecule has 7 heteroatoms. The topological polar surface area (TPSA) is 79.3 Å². The van der Waals surface area contributed by atoms with Crippen molar-refractivity contribution in [3.63, 3.8) is 0 Å². The highest BCUT2D eigenvalue weighted by Crippen LogP contribution is 2.20. The van der Waals surface area contributed by atoms with E-state index in [0.717, 1.165) is 6.07 Å². The first-order valence-corrected chi connectivity index (χ1v) is 5.85. The Labute approximate surface area is 118 Å². The van der Waals surface area contributed by atoms with E-state index in [1.165, 1.54) is 6.20 Å². The number of benzene rings is 1. The molecule has 0 bridgehead atoms. The van der Waals surface area contributed by atoms with Crippen molar-refractivity contribution in [1.29, 1.82) is 0 Å². The van der Waals surface area contributed by atoms with Crippen LogP contribution in [0.25, 0.3) is 0 Å². The molecule has 0 radical (unpaired) electrons. The normalized spacial score (nSPS) is 10.2. The van der Waals surface area contributed by atoms with E-state index < -0.39 is 34.8 Å². The predicted octanol–water partition coefficient (Wildman–Crippen LogP) is 2.62. The summed E-state index contributed by atoms with van der Waals surface area (Å²) >= 11 is 0. The van der Waals surface area contributed by atoms with Crippen molar-refractivity contribution in [1.82, 2.24) is 4.98 Å². The van der Waals surface area contributed by atoms with Crippen LogP contribution >= 0.6 is 0 Å². The van der Waals surface area contributed by atoms with Gasteiger partial charge in [-0.25, -0.2) is 13.6 Å². The highest BCUT2D eigenvalue weighted by Gasteiger charge is 2.18. The van der Waals surface area contributed by atoms with E-state index >= 15 is 0 Å². The minimum atomic E-state index is -1.56. The molecule has 108 valence electrons. The second-order valence-electron chi connectivity index (χ2n) is 4.24. The molecule has 0 saturated carbocycles. The molecule has 0 fully saturated rings. The number of nitrogens with one attached hydrogen (secondary N) is 1. The lowest BCUT2D eigenvalue weighted by Gasteiger charge is -2.09. The van der Waals surface area contributed by atoms with Crippen LogP contribution in [0.4, 0.5) is 14.5 Å². The van der Waals surface area contributed by atoms with Gasteiger partial charge in [0.15, 0.2) is 0 Å². The van der Waals surface area contributed by atoms with Gasteiger partial charge in [0.25, 0.3) is 5.91 Å². The molecule has 2 N–H and O–H groups in total. The second kappa shape index (κ2) is 5.66. The van der Waals surface area contributed by atoms with Crippen molar-refractivity contribution in [2.24, 2.45) is 0 Å². The van der Waals surface area contributed by atoms with Crippen LogP contribution in [0.1, 0.15) is 26.4 Å². The van der Waals surface area contributed by atoms with Gasteiger partial charge in [0.05, 0.1) is 11.3 Å². The lowest BCUT2D eigenvalue weighted by atomic mass is 10.1. The summed E-state index contributed by atoms with van der Waals surface area (Å²) in [6, 6.07) is 4.41. The monoisotopic (exact) mass is 292 g/mol. The Bertz CT molecular complexity index is 732. The highest BCUT2D eigenvalue weighted by molar-refractivity contribution is 6.04. The minimum Gasteiger partial charge on any atom is -0.478 e. The highest BCUT2D eigenvalue weighted by atomic mass is 19.1. The number of amides is 1. The van der Waals surface area contributed by atoms with Crippen LogP contribution in [0.15, 0.2) is 30.5 Å². The largest absolute Gasteiger partial charge is 0.478 e. The predicted molar refractivity (Wildman–Crippen MR) is 70.2 cm³/mol. The molecule has 2 rings (SSSR count). The average molecular weight is 292 g/mol. The van der Waals surface area contributed by atoms with Gasteiger partial charge < -0.3 is 10.4 Å². The zero-order chi connectivity index (χ0) is 15.6. The third-order valence-corrected chi connectivity index (χ3v) is 2.76. The van der Waals surface area contributed by atoms with Gasteiger partial charge in [-0.05, 0) is 24.6 Å². The molecule has 1 amide bonds. The van der Waals surface area contributed by atoms with Gasteiger partial charge in [0, 0.05) is 12.3 Å². The van der Waals surface area contributed by atoms with Crippen LogP contribution in [0.2, 0.25) is 0 Å². The van der Waals surface area contributed by atoms with Gasteiger partial charge in [-0.15, -0.1) is 0 Å². The van der Waals surface area contributed by atoms with E-state index in [4.69, 9.17) is 5.11 Å². The summed E-state index contributed by atoms with van der Waals surface area (Å²) in [5.41, 5.74) is -0.526. The molecule has 0 aliphatic heterocycles. The molecule has 2 aromatic rings. The number of pyridine rings is 1. The van der Waals surface area contributed by atoms with Gasteiger partial charge in [0.2, 0.25) is 0 Å². The molecule has 5 nitrogen and oxygen atoms in total. The third kappa shape index (κ3) is 3.02. The summed E-state index contributed by atoms with van der Waals surface area (Å²) < 4.78 is 26.9. The molecule has 0 aliphatic rings. The number of aromatic carboxylic acids is 1. The van der Waals surface area contributed by atoms with E-state index in [1.807, 2.05) is 0 Å². The van der Waals surface area contributed by atoms with Crippen LogP contribution in [-0.4, -0.2) is 22.0 Å². The Morgan fingerprint density at radius 2 is 1.95 bits per heavy atom. The molecule has 21 heavy (non-hydrogen) atoms. The number of carboxylic acid groups (broad SMARTS) is 1. The van der Waals surface area contributed by atoms with Gasteiger partial charge >= 0.3 is 5.97 Å². The first-order valence-electron chi connectivity index (χ1n) is 5.85. The van der Waals surface area contributed by atoms with E-state index in [2.05, 4.69) is 10.3 Å². The van der Waals surface area contributed by atoms with Gasteiger partial charge in [-0.2, -0.15) is 0 Å². The number of aromatic nitrogens is 1. The van der Waals surface area contributed by atoms with Crippen LogP contribution in [-0.2, 0) is 0 Å². The maximum atomic E-state index is 13.6. The molecule has 0 aliphatic carbocycles. The zero-order valence-corrected chi connectivity index (χ0v) is 10.9. The molecular weight excluding hydrogens is 282 g/mol.